The van der Waals surface area contributed by atoms with E-state index in [4.69, 9.17) is 16.4 Å². The molecule has 0 spiro atoms. The highest BCUT2D eigenvalue weighted by Crippen LogP contribution is 2.28. The van der Waals surface area contributed by atoms with E-state index in [1.807, 2.05) is 5.48 Å². The van der Waals surface area contributed by atoms with Gasteiger partial charge in [0.05, 0.1) is 12.5 Å². The predicted octanol–water partition coefficient (Wildman–Crippen LogP) is 1.38. The van der Waals surface area contributed by atoms with Gasteiger partial charge in [-0.3, -0.25) is 4.84 Å². The van der Waals surface area contributed by atoms with E-state index >= 15 is 0 Å². The number of hydrogen-bond acceptors (Lipinski definition) is 3. The van der Waals surface area contributed by atoms with Crippen molar-refractivity contribution in [1.82, 2.24) is 5.48 Å². The maximum atomic E-state index is 12.7. The Morgan fingerprint density at radius 3 is 2.77 bits per heavy atom. The SMILES string of the molecule is COC(=O)NOC1CC(F)CC1Cl. The quantitative estimate of drug-likeness (QED) is 0.555. The highest BCUT2D eigenvalue weighted by Gasteiger charge is 2.34. The van der Waals surface area contributed by atoms with Crippen LogP contribution in [0.1, 0.15) is 12.8 Å². The van der Waals surface area contributed by atoms with Crippen molar-refractivity contribution >= 4 is 17.7 Å². The topological polar surface area (TPSA) is 47.6 Å². The van der Waals surface area contributed by atoms with Crippen LogP contribution in [0.15, 0.2) is 0 Å². The van der Waals surface area contributed by atoms with E-state index in [1.165, 1.54) is 7.11 Å². The molecule has 1 aliphatic carbocycles. The van der Waals surface area contributed by atoms with Gasteiger partial charge < -0.3 is 4.74 Å². The predicted molar refractivity (Wildman–Crippen MR) is 44.2 cm³/mol. The van der Waals surface area contributed by atoms with Gasteiger partial charge >= 0.3 is 6.09 Å². The number of methoxy groups -OCH3 is 1. The molecule has 0 aromatic heterocycles. The van der Waals surface area contributed by atoms with Gasteiger partial charge in [0.25, 0.3) is 0 Å². The zero-order valence-corrected chi connectivity index (χ0v) is 7.88. The van der Waals surface area contributed by atoms with Crippen molar-refractivity contribution < 1.29 is 18.8 Å². The molecule has 1 saturated carbocycles. The summed E-state index contributed by atoms with van der Waals surface area (Å²) in [6.45, 7) is 0. The maximum Gasteiger partial charge on any atom is 0.431 e. The maximum absolute atomic E-state index is 12.7. The Labute approximate surface area is 80.3 Å². The molecule has 0 bridgehead atoms. The second-order valence-corrected chi connectivity index (χ2v) is 3.40. The fourth-order valence-corrected chi connectivity index (χ4v) is 1.53. The summed E-state index contributed by atoms with van der Waals surface area (Å²) < 4.78 is 17.0. The normalized spacial score (nSPS) is 33.0. The third kappa shape index (κ3) is 3.00. The molecule has 1 aliphatic rings. The van der Waals surface area contributed by atoms with Crippen LogP contribution in [0.5, 0.6) is 0 Å². The number of carbonyl (C=O) groups is 1. The molecule has 0 aliphatic heterocycles. The lowest BCUT2D eigenvalue weighted by molar-refractivity contribution is -0.0169. The molecule has 1 fully saturated rings. The van der Waals surface area contributed by atoms with Crippen molar-refractivity contribution in [2.24, 2.45) is 0 Å². The van der Waals surface area contributed by atoms with Gasteiger partial charge in [0, 0.05) is 6.42 Å². The molecular weight excluding hydrogens is 201 g/mol. The molecule has 1 amide bonds. The molecule has 3 unspecified atom stereocenters. The summed E-state index contributed by atoms with van der Waals surface area (Å²) in [5, 5.41) is -0.396. The van der Waals surface area contributed by atoms with Crippen molar-refractivity contribution in [3.05, 3.63) is 0 Å². The average molecular weight is 212 g/mol. The Bertz CT molecular complexity index is 193. The molecule has 0 aromatic rings. The minimum atomic E-state index is -0.952. The molecule has 0 saturated heterocycles. The number of alkyl halides is 2. The first-order valence-corrected chi connectivity index (χ1v) is 4.35. The molecule has 1 rings (SSSR count). The number of halogens is 2. The number of ether oxygens (including phenoxy) is 1. The van der Waals surface area contributed by atoms with Gasteiger partial charge in [0.1, 0.15) is 12.3 Å². The van der Waals surface area contributed by atoms with Crippen LogP contribution in [-0.2, 0) is 9.57 Å². The Hall–Kier alpha value is -0.550. The molecule has 0 radical (unpaired) electrons. The largest absolute Gasteiger partial charge is 0.451 e. The lowest BCUT2D eigenvalue weighted by Gasteiger charge is -2.13. The van der Waals surface area contributed by atoms with E-state index in [0.29, 0.717) is 0 Å². The van der Waals surface area contributed by atoms with Gasteiger partial charge in [0.15, 0.2) is 0 Å². The van der Waals surface area contributed by atoms with E-state index in [-0.39, 0.29) is 12.8 Å². The molecule has 0 heterocycles. The van der Waals surface area contributed by atoms with E-state index in [1.54, 1.807) is 0 Å². The molecule has 0 aromatic carbocycles. The second-order valence-electron chi connectivity index (χ2n) is 2.83. The fourth-order valence-electron chi connectivity index (χ4n) is 1.18. The van der Waals surface area contributed by atoms with Crippen LogP contribution in [0.3, 0.4) is 0 Å². The molecule has 13 heavy (non-hydrogen) atoms. The summed E-state index contributed by atoms with van der Waals surface area (Å²) >= 11 is 5.74. The Morgan fingerprint density at radius 1 is 1.62 bits per heavy atom. The second kappa shape index (κ2) is 4.62. The Balaban J connectivity index is 2.25. The van der Waals surface area contributed by atoms with Gasteiger partial charge in [0.2, 0.25) is 0 Å². The van der Waals surface area contributed by atoms with Crippen LogP contribution in [0, 0.1) is 0 Å². The highest BCUT2D eigenvalue weighted by molar-refractivity contribution is 6.21. The molecule has 6 heteroatoms. The number of hydroxylamine groups is 1. The van der Waals surface area contributed by atoms with Crippen LogP contribution >= 0.6 is 11.6 Å². The van der Waals surface area contributed by atoms with E-state index < -0.39 is 23.7 Å². The first kappa shape index (κ1) is 10.5. The number of nitrogens with one attached hydrogen (secondary N) is 1. The fraction of sp³-hybridized carbons (Fsp3) is 0.857. The minimum absolute atomic E-state index is 0.207. The number of rotatable bonds is 2. The lowest BCUT2D eigenvalue weighted by Crippen LogP contribution is -2.31. The number of carbonyl (C=O) groups excluding carboxylic acids is 1. The first-order valence-electron chi connectivity index (χ1n) is 3.91. The van der Waals surface area contributed by atoms with E-state index in [0.717, 1.165) is 0 Å². The summed E-state index contributed by atoms with van der Waals surface area (Å²) in [5.41, 5.74) is 2.01. The average Bonchev–Trinajstić information content (AvgIpc) is 2.41. The zero-order valence-electron chi connectivity index (χ0n) is 7.13. The van der Waals surface area contributed by atoms with Gasteiger partial charge in [-0.25, -0.2) is 9.18 Å². The van der Waals surface area contributed by atoms with Gasteiger partial charge in [-0.2, -0.15) is 5.48 Å². The smallest absolute Gasteiger partial charge is 0.431 e. The van der Waals surface area contributed by atoms with Crippen LogP contribution in [0.25, 0.3) is 0 Å². The summed E-state index contributed by atoms with van der Waals surface area (Å²) in [6.07, 6.45) is -1.68. The summed E-state index contributed by atoms with van der Waals surface area (Å²) in [7, 11) is 1.21. The van der Waals surface area contributed by atoms with Crippen molar-refractivity contribution in [3.63, 3.8) is 0 Å². The Morgan fingerprint density at radius 2 is 2.31 bits per heavy atom. The lowest BCUT2D eigenvalue weighted by atomic mass is 10.3. The van der Waals surface area contributed by atoms with E-state index in [2.05, 4.69) is 4.74 Å². The van der Waals surface area contributed by atoms with Crippen LogP contribution in [0.4, 0.5) is 9.18 Å². The third-order valence-electron chi connectivity index (χ3n) is 1.85. The third-order valence-corrected chi connectivity index (χ3v) is 2.31. The van der Waals surface area contributed by atoms with E-state index in [9.17, 15) is 9.18 Å². The van der Waals surface area contributed by atoms with Crippen LogP contribution < -0.4 is 5.48 Å². The van der Waals surface area contributed by atoms with Crippen molar-refractivity contribution in [3.8, 4) is 0 Å². The van der Waals surface area contributed by atoms with Gasteiger partial charge in [-0.05, 0) is 6.42 Å². The number of hydrogen-bond donors (Lipinski definition) is 1. The summed E-state index contributed by atoms with van der Waals surface area (Å²) in [5.74, 6) is 0. The molecular formula is C7H11ClFNO3. The molecule has 1 N–H and O–H groups in total. The molecule has 4 nitrogen and oxygen atoms in total. The summed E-state index contributed by atoms with van der Waals surface area (Å²) in [4.78, 5) is 15.4. The van der Waals surface area contributed by atoms with Crippen LogP contribution in [0.2, 0.25) is 0 Å². The first-order chi connectivity index (χ1) is 6.13. The summed E-state index contributed by atoms with van der Waals surface area (Å²) in [6, 6.07) is 0. The highest BCUT2D eigenvalue weighted by atomic mass is 35.5. The number of amides is 1. The van der Waals surface area contributed by atoms with Gasteiger partial charge in [-0.1, -0.05) is 0 Å². The Kier molecular flexibility index (Phi) is 3.74. The van der Waals surface area contributed by atoms with Crippen molar-refractivity contribution in [1.29, 1.82) is 0 Å². The molecule has 76 valence electrons. The van der Waals surface area contributed by atoms with Crippen LogP contribution in [-0.4, -0.2) is 30.9 Å². The van der Waals surface area contributed by atoms with Crippen molar-refractivity contribution in [2.45, 2.75) is 30.5 Å². The standard InChI is InChI=1S/C7H11ClFNO3/c1-12-7(11)10-13-6-3-4(9)2-5(6)8/h4-6H,2-3H2,1H3,(H,10,11). The van der Waals surface area contributed by atoms with Gasteiger partial charge in [-0.15, -0.1) is 11.6 Å². The zero-order chi connectivity index (χ0) is 9.84. The minimum Gasteiger partial charge on any atom is -0.451 e. The monoisotopic (exact) mass is 211 g/mol. The molecule has 3 atom stereocenters. The van der Waals surface area contributed by atoms with Crippen molar-refractivity contribution in [2.75, 3.05) is 7.11 Å².